The molecule has 3 rings (SSSR count). The molecule has 21 heavy (non-hydrogen) atoms. The summed E-state index contributed by atoms with van der Waals surface area (Å²) in [6, 6.07) is 12.6. The number of carbonyl (C=O) groups is 1. The third-order valence-corrected chi connectivity index (χ3v) is 5.06. The quantitative estimate of drug-likeness (QED) is 0.941. The van der Waals surface area contributed by atoms with E-state index < -0.39 is 0 Å². The number of nitrogens with one attached hydrogen (secondary N) is 1. The Balaban J connectivity index is 1.77. The van der Waals surface area contributed by atoms with Crippen LogP contribution in [0, 0.1) is 0 Å². The van der Waals surface area contributed by atoms with Crippen molar-refractivity contribution in [2.24, 2.45) is 0 Å². The van der Waals surface area contributed by atoms with Gasteiger partial charge < -0.3 is 5.32 Å². The molecule has 0 fully saturated rings. The summed E-state index contributed by atoms with van der Waals surface area (Å²) in [6.07, 6.45) is 1.81. The van der Waals surface area contributed by atoms with E-state index in [4.69, 9.17) is 0 Å². The number of rotatable bonds is 4. The maximum Gasteiger partial charge on any atom is 0.237 e. The highest BCUT2D eigenvalue weighted by Crippen LogP contribution is 2.24. The van der Waals surface area contributed by atoms with Gasteiger partial charge >= 0.3 is 0 Å². The molecule has 0 saturated heterocycles. The van der Waals surface area contributed by atoms with Crippen molar-refractivity contribution in [2.45, 2.75) is 25.4 Å². The Morgan fingerprint density at radius 2 is 2.10 bits per heavy atom. The summed E-state index contributed by atoms with van der Waals surface area (Å²) in [5.41, 5.74) is 2.65. The van der Waals surface area contributed by atoms with Crippen LogP contribution >= 0.6 is 11.3 Å². The van der Waals surface area contributed by atoms with Crippen LogP contribution in [0.25, 0.3) is 0 Å². The number of likely N-dealkylation sites (N-methyl/N-ethyl adjacent to an activating group) is 1. The maximum absolute atomic E-state index is 12.2. The minimum Gasteiger partial charge on any atom is -0.358 e. The van der Waals surface area contributed by atoms with Crippen molar-refractivity contribution < 1.29 is 4.79 Å². The smallest absolute Gasteiger partial charge is 0.237 e. The maximum atomic E-state index is 12.2. The van der Waals surface area contributed by atoms with Gasteiger partial charge in [0.25, 0.3) is 0 Å². The highest BCUT2D eigenvalue weighted by Gasteiger charge is 2.30. The van der Waals surface area contributed by atoms with E-state index in [1.807, 2.05) is 0 Å². The van der Waals surface area contributed by atoms with Crippen LogP contribution in [0.15, 0.2) is 41.8 Å². The number of carbonyl (C=O) groups excluding carboxylic acids is 1. The molecule has 0 spiro atoms. The van der Waals surface area contributed by atoms with Gasteiger partial charge in [-0.2, -0.15) is 0 Å². The Labute approximate surface area is 129 Å². The van der Waals surface area contributed by atoms with Gasteiger partial charge in [0.1, 0.15) is 0 Å². The topological polar surface area (TPSA) is 32.3 Å². The Kier molecular flexibility index (Phi) is 4.36. The van der Waals surface area contributed by atoms with Gasteiger partial charge in [-0.3, -0.25) is 9.69 Å². The van der Waals surface area contributed by atoms with Crippen LogP contribution in [-0.4, -0.2) is 30.4 Å². The van der Waals surface area contributed by atoms with E-state index in [9.17, 15) is 4.79 Å². The number of hydrogen-bond donors (Lipinski definition) is 1. The first-order valence-corrected chi connectivity index (χ1v) is 8.20. The summed E-state index contributed by atoms with van der Waals surface area (Å²) in [6.45, 7) is 1.78. The van der Waals surface area contributed by atoms with Crippen molar-refractivity contribution in [1.82, 2.24) is 10.2 Å². The lowest BCUT2D eigenvalue weighted by Crippen LogP contribution is -2.50. The minimum atomic E-state index is -0.0511. The highest BCUT2D eigenvalue weighted by atomic mass is 32.1. The van der Waals surface area contributed by atoms with Gasteiger partial charge in [-0.15, -0.1) is 11.3 Å². The zero-order valence-electron chi connectivity index (χ0n) is 12.2. The number of thiophene rings is 1. The number of fused-ring (bicyclic) bond motifs is 1. The SMILES string of the molecule is CNC(=O)[C@H]1Cc2ccccc2CN1CCc1cccs1. The van der Waals surface area contributed by atoms with Crippen molar-refractivity contribution in [3.05, 3.63) is 57.8 Å². The van der Waals surface area contributed by atoms with E-state index in [0.717, 1.165) is 25.9 Å². The second-order valence-electron chi connectivity index (χ2n) is 5.40. The summed E-state index contributed by atoms with van der Waals surface area (Å²) < 4.78 is 0. The fraction of sp³-hybridized carbons (Fsp3) is 0.353. The number of amides is 1. The van der Waals surface area contributed by atoms with Gasteiger partial charge in [-0.1, -0.05) is 30.3 Å². The van der Waals surface area contributed by atoms with E-state index in [2.05, 4.69) is 52.0 Å². The standard InChI is InChI=1S/C17H20N2OS/c1-18-17(20)16-11-13-5-2-3-6-14(13)12-19(16)9-8-15-7-4-10-21-15/h2-7,10,16H,8-9,11-12H2,1H3,(H,18,20)/t16-/m1/s1. The molecule has 2 aromatic rings. The average Bonchev–Trinajstić information content (AvgIpc) is 3.04. The first kappa shape index (κ1) is 14.3. The highest BCUT2D eigenvalue weighted by molar-refractivity contribution is 7.09. The lowest BCUT2D eigenvalue weighted by molar-refractivity contribution is -0.126. The van der Waals surface area contributed by atoms with Crippen molar-refractivity contribution in [1.29, 1.82) is 0 Å². The van der Waals surface area contributed by atoms with E-state index in [-0.39, 0.29) is 11.9 Å². The van der Waals surface area contributed by atoms with Crippen molar-refractivity contribution in [3.8, 4) is 0 Å². The molecule has 1 aliphatic heterocycles. The van der Waals surface area contributed by atoms with E-state index in [1.165, 1.54) is 16.0 Å². The van der Waals surface area contributed by atoms with Crippen LogP contribution in [0.5, 0.6) is 0 Å². The van der Waals surface area contributed by atoms with Crippen molar-refractivity contribution in [2.75, 3.05) is 13.6 Å². The third kappa shape index (κ3) is 3.17. The van der Waals surface area contributed by atoms with Crippen LogP contribution in [0.4, 0.5) is 0 Å². The van der Waals surface area contributed by atoms with E-state index in [1.54, 1.807) is 18.4 Å². The molecule has 1 aliphatic rings. The molecule has 0 saturated carbocycles. The molecular formula is C17H20N2OS. The predicted molar refractivity (Wildman–Crippen MR) is 86.4 cm³/mol. The van der Waals surface area contributed by atoms with Crippen LogP contribution in [0.2, 0.25) is 0 Å². The monoisotopic (exact) mass is 300 g/mol. The zero-order chi connectivity index (χ0) is 14.7. The molecule has 1 N–H and O–H groups in total. The van der Waals surface area contributed by atoms with Gasteiger partial charge in [-0.25, -0.2) is 0 Å². The minimum absolute atomic E-state index is 0.0511. The van der Waals surface area contributed by atoms with E-state index >= 15 is 0 Å². The largest absolute Gasteiger partial charge is 0.358 e. The molecule has 2 heterocycles. The lowest BCUT2D eigenvalue weighted by atomic mass is 9.93. The molecule has 0 unspecified atom stereocenters. The van der Waals surface area contributed by atoms with Gasteiger partial charge in [0.2, 0.25) is 5.91 Å². The Bertz CT molecular complexity index is 609. The first-order valence-electron chi connectivity index (χ1n) is 7.32. The fourth-order valence-electron chi connectivity index (χ4n) is 2.95. The molecular weight excluding hydrogens is 280 g/mol. The number of hydrogen-bond acceptors (Lipinski definition) is 3. The molecule has 1 aromatic carbocycles. The summed E-state index contributed by atoms with van der Waals surface area (Å²) in [4.78, 5) is 15.9. The van der Waals surface area contributed by atoms with Crippen LogP contribution in [-0.2, 0) is 24.2 Å². The molecule has 1 amide bonds. The van der Waals surface area contributed by atoms with Gasteiger partial charge in [0.05, 0.1) is 6.04 Å². The molecule has 0 bridgehead atoms. The van der Waals surface area contributed by atoms with Crippen LogP contribution in [0.3, 0.4) is 0 Å². The van der Waals surface area contributed by atoms with Gasteiger partial charge in [0.15, 0.2) is 0 Å². The number of nitrogens with zero attached hydrogens (tertiary/aromatic N) is 1. The Hall–Kier alpha value is -1.65. The summed E-state index contributed by atoms with van der Waals surface area (Å²) in [5.74, 6) is 0.121. The predicted octanol–water partition coefficient (Wildman–Crippen LogP) is 2.46. The summed E-state index contributed by atoms with van der Waals surface area (Å²) in [7, 11) is 1.72. The Morgan fingerprint density at radius 1 is 1.29 bits per heavy atom. The molecule has 4 heteroatoms. The Morgan fingerprint density at radius 3 is 2.81 bits per heavy atom. The second kappa shape index (κ2) is 6.41. The van der Waals surface area contributed by atoms with E-state index in [0.29, 0.717) is 0 Å². The molecule has 0 radical (unpaired) electrons. The van der Waals surface area contributed by atoms with Crippen molar-refractivity contribution in [3.63, 3.8) is 0 Å². The summed E-state index contributed by atoms with van der Waals surface area (Å²) >= 11 is 1.79. The summed E-state index contributed by atoms with van der Waals surface area (Å²) in [5, 5.41) is 4.92. The molecule has 0 aliphatic carbocycles. The third-order valence-electron chi connectivity index (χ3n) is 4.12. The van der Waals surface area contributed by atoms with Gasteiger partial charge in [-0.05, 0) is 35.4 Å². The fourth-order valence-corrected chi connectivity index (χ4v) is 3.64. The molecule has 3 nitrogen and oxygen atoms in total. The molecule has 1 aromatic heterocycles. The van der Waals surface area contributed by atoms with Crippen molar-refractivity contribution >= 4 is 17.2 Å². The number of benzene rings is 1. The van der Waals surface area contributed by atoms with Crippen LogP contribution in [0.1, 0.15) is 16.0 Å². The first-order chi connectivity index (χ1) is 10.3. The normalized spacial score (nSPS) is 18.2. The van der Waals surface area contributed by atoms with Gasteiger partial charge in [0, 0.05) is 25.0 Å². The lowest BCUT2D eigenvalue weighted by Gasteiger charge is -2.35. The van der Waals surface area contributed by atoms with Crippen LogP contribution < -0.4 is 5.32 Å². The zero-order valence-corrected chi connectivity index (χ0v) is 13.0. The molecule has 1 atom stereocenters. The average molecular weight is 300 g/mol. The second-order valence-corrected chi connectivity index (χ2v) is 6.43. The molecule has 110 valence electrons.